The fourth-order valence-corrected chi connectivity index (χ4v) is 4.39. The van der Waals surface area contributed by atoms with Crippen LogP contribution in [0.3, 0.4) is 0 Å². The SMILES string of the molecule is CCOC(=O)C1=C(C)N(c2cccc(Br)c2)C(=S)NC1c1ccc(-n2ccnc2)cc1. The largest absolute Gasteiger partial charge is 0.463 e. The molecule has 1 atom stereocenters. The Morgan fingerprint density at radius 1 is 1.23 bits per heavy atom. The molecule has 1 aliphatic rings. The van der Waals surface area contributed by atoms with Crippen LogP contribution in [0.5, 0.6) is 0 Å². The van der Waals surface area contributed by atoms with E-state index >= 15 is 0 Å². The maximum Gasteiger partial charge on any atom is 0.338 e. The molecule has 0 spiro atoms. The maximum absolute atomic E-state index is 13.0. The molecule has 158 valence electrons. The summed E-state index contributed by atoms with van der Waals surface area (Å²) in [6.45, 7) is 3.99. The van der Waals surface area contributed by atoms with E-state index in [1.165, 1.54) is 0 Å². The molecular weight excluding hydrogens is 476 g/mol. The number of hydrogen-bond donors (Lipinski definition) is 1. The minimum absolute atomic E-state index is 0.295. The van der Waals surface area contributed by atoms with Gasteiger partial charge in [-0.05, 0) is 62.0 Å². The fourth-order valence-electron chi connectivity index (χ4n) is 3.64. The second-order valence-corrected chi connectivity index (χ2v) is 8.28. The highest BCUT2D eigenvalue weighted by molar-refractivity contribution is 9.10. The van der Waals surface area contributed by atoms with Gasteiger partial charge in [-0.15, -0.1) is 0 Å². The van der Waals surface area contributed by atoms with Crippen LogP contribution >= 0.6 is 28.1 Å². The number of nitrogens with zero attached hydrogens (tertiary/aromatic N) is 3. The van der Waals surface area contributed by atoms with Crippen molar-refractivity contribution in [3.8, 4) is 5.69 Å². The van der Waals surface area contributed by atoms with Crippen LogP contribution in [-0.4, -0.2) is 27.2 Å². The number of thiocarbonyl (C=S) groups is 1. The van der Waals surface area contributed by atoms with Gasteiger partial charge in [-0.2, -0.15) is 0 Å². The lowest BCUT2D eigenvalue weighted by atomic mass is 9.94. The van der Waals surface area contributed by atoms with Crippen LogP contribution in [0.1, 0.15) is 25.5 Å². The van der Waals surface area contributed by atoms with Gasteiger partial charge in [0.05, 0.1) is 24.5 Å². The normalized spacial score (nSPS) is 16.3. The Hall–Kier alpha value is -2.97. The third-order valence-corrected chi connectivity index (χ3v) is 5.87. The smallest absolute Gasteiger partial charge is 0.338 e. The molecular formula is C23H21BrN4O2S. The van der Waals surface area contributed by atoms with Crippen molar-refractivity contribution in [3.63, 3.8) is 0 Å². The molecule has 1 unspecified atom stereocenters. The van der Waals surface area contributed by atoms with Crippen LogP contribution in [0.4, 0.5) is 5.69 Å². The van der Waals surface area contributed by atoms with Gasteiger partial charge < -0.3 is 14.6 Å². The standard InChI is InChI=1S/C23H21BrN4O2S/c1-3-30-22(29)20-15(2)28(19-6-4-5-17(24)13-19)23(31)26-21(20)16-7-9-18(10-8-16)27-12-11-25-14-27/h4-14,21H,3H2,1-2H3,(H,26,31). The van der Waals surface area contributed by atoms with Crippen molar-refractivity contribution < 1.29 is 9.53 Å². The maximum atomic E-state index is 13.0. The van der Waals surface area contributed by atoms with Gasteiger partial charge in [-0.3, -0.25) is 4.90 Å². The number of imidazole rings is 1. The first-order valence-electron chi connectivity index (χ1n) is 9.82. The lowest BCUT2D eigenvalue weighted by molar-refractivity contribution is -0.139. The van der Waals surface area contributed by atoms with E-state index in [0.29, 0.717) is 17.3 Å². The first kappa shape index (κ1) is 21.3. The van der Waals surface area contributed by atoms with Crippen LogP contribution in [0.25, 0.3) is 5.69 Å². The fraction of sp³-hybridized carbons (Fsp3) is 0.174. The number of esters is 1. The number of nitrogens with one attached hydrogen (secondary N) is 1. The number of allylic oxidation sites excluding steroid dienone is 1. The third-order valence-electron chi connectivity index (χ3n) is 5.08. The summed E-state index contributed by atoms with van der Waals surface area (Å²) in [6, 6.07) is 15.3. The molecule has 1 N–H and O–H groups in total. The zero-order valence-corrected chi connectivity index (χ0v) is 19.5. The minimum atomic E-state index is -0.410. The molecule has 31 heavy (non-hydrogen) atoms. The van der Waals surface area contributed by atoms with Crippen LogP contribution in [0, 0.1) is 0 Å². The highest BCUT2D eigenvalue weighted by atomic mass is 79.9. The molecule has 6 nitrogen and oxygen atoms in total. The van der Waals surface area contributed by atoms with E-state index < -0.39 is 6.04 Å². The molecule has 1 aromatic heterocycles. The summed E-state index contributed by atoms with van der Waals surface area (Å²) in [7, 11) is 0. The Balaban J connectivity index is 1.77. The van der Waals surface area contributed by atoms with Crippen LogP contribution in [0.2, 0.25) is 0 Å². The van der Waals surface area contributed by atoms with Crippen molar-refractivity contribution >= 4 is 44.9 Å². The monoisotopic (exact) mass is 496 g/mol. The molecule has 0 saturated carbocycles. The predicted octanol–water partition coefficient (Wildman–Crippen LogP) is 4.91. The molecule has 0 saturated heterocycles. The van der Waals surface area contributed by atoms with Crippen LogP contribution < -0.4 is 10.2 Å². The van der Waals surface area contributed by atoms with Gasteiger partial charge in [-0.25, -0.2) is 9.78 Å². The van der Waals surface area contributed by atoms with E-state index in [1.807, 2.05) is 71.1 Å². The number of carbonyl (C=O) groups is 1. The van der Waals surface area contributed by atoms with E-state index in [9.17, 15) is 4.79 Å². The summed E-state index contributed by atoms with van der Waals surface area (Å²) in [5.41, 5.74) is 4.03. The first-order chi connectivity index (χ1) is 15.0. The molecule has 3 aromatic rings. The summed E-state index contributed by atoms with van der Waals surface area (Å²) >= 11 is 9.21. The Morgan fingerprint density at radius 2 is 2.00 bits per heavy atom. The van der Waals surface area contributed by atoms with Crippen molar-refractivity contribution in [2.75, 3.05) is 11.5 Å². The number of anilines is 1. The zero-order chi connectivity index (χ0) is 22.0. The summed E-state index contributed by atoms with van der Waals surface area (Å²) in [5, 5.41) is 3.86. The van der Waals surface area contributed by atoms with Gasteiger partial charge in [-0.1, -0.05) is 34.1 Å². The molecule has 0 amide bonds. The Kier molecular flexibility index (Phi) is 6.20. The average molecular weight is 497 g/mol. The van der Waals surface area contributed by atoms with E-state index in [4.69, 9.17) is 17.0 Å². The Bertz CT molecular complexity index is 1140. The molecule has 4 rings (SSSR count). The van der Waals surface area contributed by atoms with Crippen LogP contribution in [-0.2, 0) is 9.53 Å². The van der Waals surface area contributed by atoms with E-state index in [2.05, 4.69) is 26.2 Å². The third kappa shape index (κ3) is 4.26. The van der Waals surface area contributed by atoms with Crippen molar-refractivity contribution in [1.82, 2.24) is 14.9 Å². The van der Waals surface area contributed by atoms with E-state index in [0.717, 1.165) is 27.1 Å². The van der Waals surface area contributed by atoms with Crippen LogP contribution in [0.15, 0.2) is 83.0 Å². The Morgan fingerprint density at radius 3 is 2.65 bits per heavy atom. The summed E-state index contributed by atoms with van der Waals surface area (Å²) in [6.07, 6.45) is 5.36. The predicted molar refractivity (Wildman–Crippen MR) is 128 cm³/mol. The van der Waals surface area contributed by atoms with Crippen molar-refractivity contribution in [2.45, 2.75) is 19.9 Å². The van der Waals surface area contributed by atoms with Gasteiger partial charge in [0.25, 0.3) is 0 Å². The minimum Gasteiger partial charge on any atom is -0.463 e. The van der Waals surface area contributed by atoms with E-state index in [1.54, 1.807) is 19.4 Å². The molecule has 8 heteroatoms. The van der Waals surface area contributed by atoms with Gasteiger partial charge >= 0.3 is 5.97 Å². The van der Waals surface area contributed by atoms with Gasteiger partial charge in [0.1, 0.15) is 0 Å². The van der Waals surface area contributed by atoms with Gasteiger partial charge in [0, 0.05) is 33.9 Å². The topological polar surface area (TPSA) is 59.4 Å². The second-order valence-electron chi connectivity index (χ2n) is 6.98. The van der Waals surface area contributed by atoms with Crippen molar-refractivity contribution in [1.29, 1.82) is 0 Å². The Labute approximate surface area is 194 Å². The number of hydrogen-bond acceptors (Lipinski definition) is 4. The lowest BCUT2D eigenvalue weighted by Gasteiger charge is -2.37. The lowest BCUT2D eigenvalue weighted by Crippen LogP contribution is -2.48. The molecule has 0 bridgehead atoms. The highest BCUT2D eigenvalue weighted by Gasteiger charge is 2.35. The zero-order valence-electron chi connectivity index (χ0n) is 17.1. The van der Waals surface area contributed by atoms with Gasteiger partial charge in [0.15, 0.2) is 5.11 Å². The number of halogens is 1. The molecule has 2 heterocycles. The van der Waals surface area contributed by atoms with Crippen molar-refractivity contribution in [2.24, 2.45) is 0 Å². The van der Waals surface area contributed by atoms with Crippen molar-refractivity contribution in [3.05, 3.63) is 88.6 Å². The molecule has 0 aliphatic carbocycles. The summed E-state index contributed by atoms with van der Waals surface area (Å²) in [5.74, 6) is -0.362. The number of ether oxygens (including phenoxy) is 1. The summed E-state index contributed by atoms with van der Waals surface area (Å²) in [4.78, 5) is 18.9. The first-order valence-corrected chi connectivity index (χ1v) is 11.0. The average Bonchev–Trinajstić information content (AvgIpc) is 3.28. The van der Waals surface area contributed by atoms with E-state index in [-0.39, 0.29) is 5.97 Å². The molecule has 0 fully saturated rings. The number of rotatable bonds is 5. The molecule has 0 radical (unpaired) electrons. The second kappa shape index (κ2) is 9.03. The number of aromatic nitrogens is 2. The summed E-state index contributed by atoms with van der Waals surface area (Å²) < 4.78 is 8.25. The molecule has 2 aromatic carbocycles. The quantitative estimate of drug-likeness (QED) is 0.400. The number of benzene rings is 2. The van der Waals surface area contributed by atoms with Gasteiger partial charge in [0.2, 0.25) is 0 Å². The molecule has 1 aliphatic heterocycles. The highest BCUT2D eigenvalue weighted by Crippen LogP contribution is 2.35. The number of carbonyl (C=O) groups excluding carboxylic acids is 1.